The molecule has 1 aromatic heterocycles. The van der Waals surface area contributed by atoms with Crippen LogP contribution in [0, 0.1) is 5.82 Å². The normalized spacial score (nSPS) is 15.1. The SMILES string of the molecule is CN(Cc1n[nH]c2c1CCCC2)C(=O)C(c1ccc(F)cc1)N(C)C. The number of likely N-dealkylation sites (N-methyl/N-ethyl adjacent to an activating group) is 2. The van der Waals surface area contributed by atoms with Crippen molar-refractivity contribution in [1.29, 1.82) is 0 Å². The lowest BCUT2D eigenvalue weighted by molar-refractivity contribution is -0.135. The van der Waals surface area contributed by atoms with Crippen molar-refractivity contribution < 1.29 is 9.18 Å². The molecule has 2 aromatic rings. The third-order valence-corrected chi connectivity index (χ3v) is 4.84. The van der Waals surface area contributed by atoms with Gasteiger partial charge in [-0.25, -0.2) is 4.39 Å². The topological polar surface area (TPSA) is 52.2 Å². The first-order valence-electron chi connectivity index (χ1n) is 8.69. The number of rotatable bonds is 5. The lowest BCUT2D eigenvalue weighted by Crippen LogP contribution is -2.38. The largest absolute Gasteiger partial charge is 0.338 e. The number of aryl methyl sites for hydroxylation is 1. The second-order valence-corrected chi connectivity index (χ2v) is 6.95. The molecule has 0 radical (unpaired) electrons. The number of aromatic nitrogens is 2. The van der Waals surface area contributed by atoms with Crippen LogP contribution >= 0.6 is 0 Å². The van der Waals surface area contributed by atoms with Crippen LogP contribution in [0.2, 0.25) is 0 Å². The first-order valence-corrected chi connectivity index (χ1v) is 8.69. The van der Waals surface area contributed by atoms with E-state index in [1.807, 2.05) is 19.0 Å². The van der Waals surface area contributed by atoms with Gasteiger partial charge in [-0.1, -0.05) is 12.1 Å². The molecule has 25 heavy (non-hydrogen) atoms. The van der Waals surface area contributed by atoms with Crippen LogP contribution in [0.25, 0.3) is 0 Å². The molecule has 1 heterocycles. The molecule has 0 aliphatic heterocycles. The van der Waals surface area contributed by atoms with Crippen LogP contribution in [0.1, 0.15) is 41.4 Å². The Kier molecular flexibility index (Phi) is 5.18. The summed E-state index contributed by atoms with van der Waals surface area (Å²) in [4.78, 5) is 16.6. The lowest BCUT2D eigenvalue weighted by Gasteiger charge is -2.28. The van der Waals surface area contributed by atoms with Crippen molar-refractivity contribution in [2.75, 3.05) is 21.1 Å². The summed E-state index contributed by atoms with van der Waals surface area (Å²) >= 11 is 0. The summed E-state index contributed by atoms with van der Waals surface area (Å²) in [5.74, 6) is -0.325. The number of benzene rings is 1. The van der Waals surface area contributed by atoms with Crippen LogP contribution in [0.15, 0.2) is 24.3 Å². The monoisotopic (exact) mass is 344 g/mol. The highest BCUT2D eigenvalue weighted by molar-refractivity contribution is 5.83. The Morgan fingerprint density at radius 2 is 1.88 bits per heavy atom. The Morgan fingerprint density at radius 3 is 2.56 bits per heavy atom. The number of carbonyl (C=O) groups is 1. The number of H-pyrrole nitrogens is 1. The maximum atomic E-state index is 13.2. The smallest absolute Gasteiger partial charge is 0.244 e. The highest BCUT2D eigenvalue weighted by atomic mass is 19.1. The number of hydrogen-bond donors (Lipinski definition) is 1. The summed E-state index contributed by atoms with van der Waals surface area (Å²) in [6.45, 7) is 0.482. The standard InChI is InChI=1S/C19H25FN4O/c1-23(2)18(13-8-10-14(20)11-9-13)19(25)24(3)12-17-15-6-4-5-7-16(15)21-22-17/h8-11,18H,4-7,12H2,1-3H3,(H,21,22). The molecule has 134 valence electrons. The Hall–Kier alpha value is -2.21. The first kappa shape index (κ1) is 17.6. The lowest BCUT2D eigenvalue weighted by atomic mass is 9.95. The van der Waals surface area contributed by atoms with Crippen molar-refractivity contribution in [3.63, 3.8) is 0 Å². The van der Waals surface area contributed by atoms with Crippen molar-refractivity contribution >= 4 is 5.91 Å². The molecular weight excluding hydrogens is 319 g/mol. The van der Waals surface area contributed by atoms with Gasteiger partial charge in [-0.15, -0.1) is 0 Å². The molecule has 0 saturated heterocycles. The fourth-order valence-electron chi connectivity index (χ4n) is 3.50. The molecule has 0 spiro atoms. The number of halogens is 1. The molecule has 1 atom stereocenters. The number of nitrogens with one attached hydrogen (secondary N) is 1. The average Bonchev–Trinajstić information content (AvgIpc) is 2.99. The zero-order chi connectivity index (χ0) is 18.0. The van der Waals surface area contributed by atoms with E-state index in [0.29, 0.717) is 6.54 Å². The van der Waals surface area contributed by atoms with E-state index in [-0.39, 0.29) is 11.7 Å². The number of carbonyl (C=O) groups excluding carboxylic acids is 1. The van der Waals surface area contributed by atoms with E-state index in [9.17, 15) is 9.18 Å². The summed E-state index contributed by atoms with van der Waals surface area (Å²) < 4.78 is 13.2. The van der Waals surface area contributed by atoms with Crippen molar-refractivity contribution in [3.8, 4) is 0 Å². The van der Waals surface area contributed by atoms with Gasteiger partial charge < -0.3 is 4.90 Å². The Morgan fingerprint density at radius 1 is 1.20 bits per heavy atom. The van der Waals surface area contributed by atoms with Crippen LogP contribution in [0.5, 0.6) is 0 Å². The number of fused-ring (bicyclic) bond motifs is 1. The van der Waals surface area contributed by atoms with Crippen molar-refractivity contribution in [1.82, 2.24) is 20.0 Å². The first-order chi connectivity index (χ1) is 12.0. The summed E-state index contributed by atoms with van der Waals surface area (Å²) in [5.41, 5.74) is 4.23. The minimum atomic E-state index is -0.444. The van der Waals surface area contributed by atoms with Gasteiger partial charge in [0.2, 0.25) is 5.91 Å². The molecular formula is C19H25FN4O. The molecule has 1 N–H and O–H groups in total. The Labute approximate surface area is 147 Å². The quantitative estimate of drug-likeness (QED) is 0.907. The average molecular weight is 344 g/mol. The summed E-state index contributed by atoms with van der Waals surface area (Å²) in [7, 11) is 5.51. The van der Waals surface area contributed by atoms with Gasteiger partial charge in [0.1, 0.15) is 11.9 Å². The third-order valence-electron chi connectivity index (χ3n) is 4.84. The molecule has 1 aliphatic carbocycles. The van der Waals surface area contributed by atoms with Crippen LogP contribution in [0.3, 0.4) is 0 Å². The van der Waals surface area contributed by atoms with Crippen LogP contribution in [-0.2, 0) is 24.2 Å². The van der Waals surface area contributed by atoms with Gasteiger partial charge in [0.15, 0.2) is 0 Å². The number of nitrogens with zero attached hydrogens (tertiary/aromatic N) is 3. The van der Waals surface area contributed by atoms with E-state index in [1.165, 1.54) is 36.2 Å². The minimum Gasteiger partial charge on any atom is -0.338 e. The van der Waals surface area contributed by atoms with Crippen molar-refractivity contribution in [2.45, 2.75) is 38.3 Å². The maximum absolute atomic E-state index is 13.2. The van der Waals surface area contributed by atoms with E-state index in [4.69, 9.17) is 0 Å². The predicted octanol–water partition coefficient (Wildman–Crippen LogP) is 2.69. The summed E-state index contributed by atoms with van der Waals surface area (Å²) in [5, 5.41) is 7.55. The van der Waals surface area contributed by atoms with Gasteiger partial charge in [0.05, 0.1) is 12.2 Å². The van der Waals surface area contributed by atoms with Crippen LogP contribution in [-0.4, -0.2) is 47.0 Å². The van der Waals surface area contributed by atoms with Crippen LogP contribution in [0.4, 0.5) is 4.39 Å². The number of hydrogen-bond acceptors (Lipinski definition) is 3. The highest BCUT2D eigenvalue weighted by Crippen LogP contribution is 2.25. The van der Waals surface area contributed by atoms with Crippen LogP contribution < -0.4 is 0 Å². The fourth-order valence-corrected chi connectivity index (χ4v) is 3.50. The van der Waals surface area contributed by atoms with E-state index < -0.39 is 6.04 Å². The van der Waals surface area contributed by atoms with E-state index in [0.717, 1.165) is 24.1 Å². The van der Waals surface area contributed by atoms with Gasteiger partial charge in [-0.2, -0.15) is 5.10 Å². The van der Waals surface area contributed by atoms with Crippen molar-refractivity contribution in [3.05, 3.63) is 52.6 Å². The number of aromatic amines is 1. The summed E-state index contributed by atoms with van der Waals surface area (Å²) in [6.07, 6.45) is 4.43. The van der Waals surface area contributed by atoms with Gasteiger partial charge in [0, 0.05) is 12.7 Å². The van der Waals surface area contributed by atoms with E-state index in [1.54, 1.807) is 24.1 Å². The molecule has 0 bridgehead atoms. The van der Waals surface area contributed by atoms with Gasteiger partial charge >= 0.3 is 0 Å². The maximum Gasteiger partial charge on any atom is 0.244 e. The molecule has 1 unspecified atom stereocenters. The molecule has 6 heteroatoms. The molecule has 1 aromatic carbocycles. The second-order valence-electron chi connectivity index (χ2n) is 6.95. The van der Waals surface area contributed by atoms with Crippen molar-refractivity contribution in [2.24, 2.45) is 0 Å². The summed E-state index contributed by atoms with van der Waals surface area (Å²) in [6, 6.07) is 5.68. The van der Waals surface area contributed by atoms with Gasteiger partial charge in [-0.3, -0.25) is 14.8 Å². The second kappa shape index (κ2) is 7.35. The Balaban J connectivity index is 1.77. The molecule has 0 fully saturated rings. The molecule has 5 nitrogen and oxygen atoms in total. The number of amides is 1. The zero-order valence-corrected chi connectivity index (χ0v) is 15.1. The third kappa shape index (κ3) is 3.74. The Bertz CT molecular complexity index is 738. The zero-order valence-electron chi connectivity index (χ0n) is 15.1. The molecule has 1 aliphatic rings. The predicted molar refractivity (Wildman–Crippen MR) is 94.5 cm³/mol. The van der Waals surface area contributed by atoms with Gasteiger partial charge in [-0.05, 0) is 63.0 Å². The van der Waals surface area contributed by atoms with Gasteiger partial charge in [0.25, 0.3) is 0 Å². The molecule has 1 amide bonds. The molecule has 3 rings (SSSR count). The molecule has 0 saturated carbocycles. The van der Waals surface area contributed by atoms with E-state index >= 15 is 0 Å². The highest BCUT2D eigenvalue weighted by Gasteiger charge is 2.27. The van der Waals surface area contributed by atoms with E-state index in [2.05, 4.69) is 10.2 Å². The minimum absolute atomic E-state index is 0.0239. The fraction of sp³-hybridized carbons (Fsp3) is 0.474.